The fraction of sp³-hybridized carbons (Fsp3) is 0.267. The van der Waals surface area contributed by atoms with Gasteiger partial charge < -0.3 is 4.74 Å². The Kier molecular flexibility index (Phi) is 4.27. The largest absolute Gasteiger partial charge is 0.485 e. The summed E-state index contributed by atoms with van der Waals surface area (Å²) in [5.74, 6) is 0.707. The molecule has 1 aromatic heterocycles. The first-order chi connectivity index (χ1) is 8.97. The van der Waals surface area contributed by atoms with Gasteiger partial charge in [-0.3, -0.25) is 4.79 Å². The fourth-order valence-electron chi connectivity index (χ4n) is 1.90. The number of ketones is 1. The van der Waals surface area contributed by atoms with E-state index in [1.54, 1.807) is 23.5 Å². The van der Waals surface area contributed by atoms with Crippen molar-refractivity contribution in [2.75, 3.05) is 6.61 Å². The molecule has 0 saturated heterocycles. The maximum atomic E-state index is 12.1. The summed E-state index contributed by atoms with van der Waals surface area (Å²) in [6.45, 7) is 5.92. The number of hydrogen-bond acceptors (Lipinski definition) is 3. The van der Waals surface area contributed by atoms with Gasteiger partial charge >= 0.3 is 0 Å². The highest BCUT2D eigenvalue weighted by Crippen LogP contribution is 2.24. The third kappa shape index (κ3) is 3.37. The molecule has 2 aromatic rings. The summed E-state index contributed by atoms with van der Waals surface area (Å²) >= 11 is 7.51. The average molecular weight is 295 g/mol. The summed E-state index contributed by atoms with van der Waals surface area (Å²) in [4.78, 5) is 14.3. The maximum absolute atomic E-state index is 12.1. The first-order valence-electron chi connectivity index (χ1n) is 5.96. The van der Waals surface area contributed by atoms with Crippen molar-refractivity contribution in [1.29, 1.82) is 0 Å². The van der Waals surface area contributed by atoms with Crippen molar-refractivity contribution in [2.45, 2.75) is 20.8 Å². The zero-order valence-corrected chi connectivity index (χ0v) is 12.7. The molecule has 0 spiro atoms. The third-order valence-electron chi connectivity index (χ3n) is 2.84. The van der Waals surface area contributed by atoms with Gasteiger partial charge in [0.25, 0.3) is 0 Å². The number of rotatable bonds is 4. The van der Waals surface area contributed by atoms with Crippen molar-refractivity contribution in [1.82, 2.24) is 0 Å². The molecule has 100 valence electrons. The second kappa shape index (κ2) is 5.76. The predicted molar refractivity (Wildman–Crippen MR) is 79.8 cm³/mol. The molecule has 4 heteroatoms. The van der Waals surface area contributed by atoms with Gasteiger partial charge in [0.1, 0.15) is 5.75 Å². The molecule has 0 bridgehead atoms. The van der Waals surface area contributed by atoms with Crippen LogP contribution in [0.25, 0.3) is 0 Å². The highest BCUT2D eigenvalue weighted by molar-refractivity contribution is 7.12. The fourth-order valence-corrected chi connectivity index (χ4v) is 3.07. The van der Waals surface area contributed by atoms with Crippen LogP contribution in [0.1, 0.15) is 25.7 Å². The van der Waals surface area contributed by atoms with Crippen LogP contribution >= 0.6 is 22.9 Å². The van der Waals surface area contributed by atoms with E-state index in [0.29, 0.717) is 10.8 Å². The van der Waals surface area contributed by atoms with Crippen molar-refractivity contribution >= 4 is 28.7 Å². The topological polar surface area (TPSA) is 26.3 Å². The lowest BCUT2D eigenvalue weighted by atomic mass is 10.1. The Morgan fingerprint density at radius 3 is 2.58 bits per heavy atom. The molecule has 0 aliphatic rings. The van der Waals surface area contributed by atoms with E-state index in [1.165, 1.54) is 0 Å². The van der Waals surface area contributed by atoms with Crippen LogP contribution in [0.5, 0.6) is 5.75 Å². The Labute approximate surface area is 122 Å². The van der Waals surface area contributed by atoms with Gasteiger partial charge in [-0.1, -0.05) is 11.6 Å². The molecule has 1 heterocycles. The summed E-state index contributed by atoms with van der Waals surface area (Å²) in [5.41, 5.74) is 1.69. The van der Waals surface area contributed by atoms with Crippen LogP contribution in [0, 0.1) is 20.8 Å². The first kappa shape index (κ1) is 14.1. The SMILES string of the molecule is Cc1cc(C(=O)COc2ccc(Cl)cc2C)c(C)s1. The molecule has 0 unspecified atom stereocenters. The second-order valence-corrected chi connectivity index (χ2v) is 6.35. The van der Waals surface area contributed by atoms with Gasteiger partial charge in [0, 0.05) is 20.3 Å². The summed E-state index contributed by atoms with van der Waals surface area (Å²) in [6, 6.07) is 7.28. The lowest BCUT2D eigenvalue weighted by Gasteiger charge is -2.08. The minimum atomic E-state index is 0.0104. The lowest BCUT2D eigenvalue weighted by Crippen LogP contribution is -2.12. The first-order valence-corrected chi connectivity index (χ1v) is 7.16. The lowest BCUT2D eigenvalue weighted by molar-refractivity contribution is 0.0921. The van der Waals surface area contributed by atoms with E-state index in [4.69, 9.17) is 16.3 Å². The van der Waals surface area contributed by atoms with Gasteiger partial charge in [0.15, 0.2) is 6.61 Å². The van der Waals surface area contributed by atoms with Gasteiger partial charge in [-0.25, -0.2) is 0 Å². The number of halogens is 1. The molecule has 19 heavy (non-hydrogen) atoms. The van der Waals surface area contributed by atoms with E-state index >= 15 is 0 Å². The normalized spacial score (nSPS) is 10.5. The Hall–Kier alpha value is -1.32. The van der Waals surface area contributed by atoms with E-state index in [1.807, 2.05) is 32.9 Å². The van der Waals surface area contributed by atoms with E-state index < -0.39 is 0 Å². The third-order valence-corrected chi connectivity index (χ3v) is 4.04. The van der Waals surface area contributed by atoms with Crippen LogP contribution in [0.3, 0.4) is 0 Å². The van der Waals surface area contributed by atoms with E-state index in [0.717, 1.165) is 20.9 Å². The van der Waals surface area contributed by atoms with Gasteiger partial charge in [-0.05, 0) is 50.6 Å². The maximum Gasteiger partial charge on any atom is 0.201 e. The molecule has 0 aliphatic carbocycles. The van der Waals surface area contributed by atoms with Crippen molar-refractivity contribution in [2.24, 2.45) is 0 Å². The standard InChI is InChI=1S/C15H15ClO2S/c1-9-6-12(16)4-5-15(9)18-8-14(17)13-7-10(2)19-11(13)3/h4-7H,8H2,1-3H3. The van der Waals surface area contributed by atoms with Crippen LogP contribution < -0.4 is 4.74 Å². The molecule has 1 aromatic carbocycles. The molecular weight excluding hydrogens is 280 g/mol. The summed E-state index contributed by atoms with van der Waals surface area (Å²) < 4.78 is 5.57. The van der Waals surface area contributed by atoms with E-state index in [9.17, 15) is 4.79 Å². The number of thiophene rings is 1. The van der Waals surface area contributed by atoms with Crippen LogP contribution in [0.15, 0.2) is 24.3 Å². The van der Waals surface area contributed by atoms with Crippen LogP contribution in [0.2, 0.25) is 5.02 Å². The smallest absolute Gasteiger partial charge is 0.201 e. The van der Waals surface area contributed by atoms with Crippen molar-refractivity contribution in [3.63, 3.8) is 0 Å². The van der Waals surface area contributed by atoms with Gasteiger partial charge in [0.05, 0.1) is 0 Å². The summed E-state index contributed by atoms with van der Waals surface area (Å²) in [7, 11) is 0. The Balaban J connectivity index is 2.06. The number of ether oxygens (including phenoxy) is 1. The summed E-state index contributed by atoms with van der Waals surface area (Å²) in [6.07, 6.45) is 0. The highest BCUT2D eigenvalue weighted by Gasteiger charge is 2.13. The van der Waals surface area contributed by atoms with Crippen LogP contribution in [-0.2, 0) is 0 Å². The minimum absolute atomic E-state index is 0.0104. The highest BCUT2D eigenvalue weighted by atomic mass is 35.5. The quantitative estimate of drug-likeness (QED) is 0.771. The number of carbonyl (C=O) groups excluding carboxylic acids is 1. The second-order valence-electron chi connectivity index (χ2n) is 4.45. The number of benzene rings is 1. The van der Waals surface area contributed by atoms with Gasteiger partial charge in [0.2, 0.25) is 5.78 Å². The number of Topliss-reactive ketones (excluding diaryl/α,β-unsaturated/α-hetero) is 1. The van der Waals surface area contributed by atoms with Crippen molar-refractivity contribution in [3.05, 3.63) is 50.2 Å². The molecule has 0 atom stereocenters. The zero-order valence-electron chi connectivity index (χ0n) is 11.1. The molecular formula is C15H15ClO2S. The monoisotopic (exact) mass is 294 g/mol. The molecule has 0 fully saturated rings. The van der Waals surface area contributed by atoms with Gasteiger partial charge in [-0.15, -0.1) is 11.3 Å². The van der Waals surface area contributed by atoms with Crippen LogP contribution in [0.4, 0.5) is 0 Å². The molecule has 0 saturated carbocycles. The Morgan fingerprint density at radius 1 is 1.26 bits per heavy atom. The zero-order chi connectivity index (χ0) is 14.0. The van der Waals surface area contributed by atoms with E-state index in [2.05, 4.69) is 0 Å². The number of aryl methyl sites for hydroxylation is 3. The summed E-state index contributed by atoms with van der Waals surface area (Å²) in [5, 5.41) is 0.667. The molecule has 0 aliphatic heterocycles. The van der Waals surface area contributed by atoms with Crippen molar-refractivity contribution in [3.8, 4) is 5.75 Å². The molecule has 0 radical (unpaired) electrons. The number of hydrogen-bond donors (Lipinski definition) is 0. The Bertz CT molecular complexity index is 617. The van der Waals surface area contributed by atoms with Crippen LogP contribution in [-0.4, -0.2) is 12.4 Å². The average Bonchev–Trinajstić information content (AvgIpc) is 2.67. The molecule has 2 rings (SSSR count). The number of carbonyl (C=O) groups is 1. The Morgan fingerprint density at radius 2 is 2.00 bits per heavy atom. The van der Waals surface area contributed by atoms with Crippen molar-refractivity contribution < 1.29 is 9.53 Å². The minimum Gasteiger partial charge on any atom is -0.485 e. The molecule has 2 nitrogen and oxygen atoms in total. The van der Waals surface area contributed by atoms with E-state index in [-0.39, 0.29) is 12.4 Å². The molecule has 0 amide bonds. The predicted octanol–water partition coefficient (Wildman–Crippen LogP) is 4.59. The molecule has 0 N–H and O–H groups in total. The van der Waals surface area contributed by atoms with Gasteiger partial charge in [-0.2, -0.15) is 0 Å².